The zero-order chi connectivity index (χ0) is 22.6. The second kappa shape index (κ2) is 9.20. The lowest BCUT2D eigenvalue weighted by atomic mass is 9.84. The van der Waals surface area contributed by atoms with Crippen LogP contribution in [0.3, 0.4) is 0 Å². The lowest BCUT2D eigenvalue weighted by Crippen LogP contribution is -2.46. The van der Waals surface area contributed by atoms with Crippen LogP contribution in [0.4, 0.5) is 13.2 Å². The Morgan fingerprint density at radius 1 is 1.06 bits per heavy atom. The van der Waals surface area contributed by atoms with Crippen LogP contribution in [-0.2, 0) is 11.3 Å². The molecule has 32 heavy (non-hydrogen) atoms. The topological polar surface area (TPSA) is 90.2 Å². The lowest BCUT2D eigenvalue weighted by Gasteiger charge is -2.38. The summed E-state index contributed by atoms with van der Waals surface area (Å²) in [4.78, 5) is 12.9. The van der Waals surface area contributed by atoms with Crippen molar-refractivity contribution < 1.29 is 27.4 Å². The third-order valence-electron chi connectivity index (χ3n) is 4.82. The molecule has 1 aliphatic rings. The fraction of sp³-hybridized carbons (Fsp3) is 0.273. The average Bonchev–Trinajstić information content (AvgIpc) is 2.79. The van der Waals surface area contributed by atoms with Gasteiger partial charge in [0.2, 0.25) is 11.7 Å². The van der Waals surface area contributed by atoms with Crippen molar-refractivity contribution in [3.63, 3.8) is 0 Å². The van der Waals surface area contributed by atoms with Crippen LogP contribution in [-0.4, -0.2) is 34.8 Å². The van der Waals surface area contributed by atoms with Gasteiger partial charge < -0.3 is 14.2 Å². The third-order valence-corrected chi connectivity index (χ3v) is 4.82. The summed E-state index contributed by atoms with van der Waals surface area (Å²) in [6.07, 6.45) is 1.85. The highest BCUT2D eigenvalue weighted by Crippen LogP contribution is 2.32. The van der Waals surface area contributed by atoms with Gasteiger partial charge >= 0.3 is 0 Å². The minimum Gasteiger partial charge on any atom is -0.484 e. The number of hydrogen-bond donors (Lipinski definition) is 0. The Morgan fingerprint density at radius 2 is 1.91 bits per heavy atom. The predicted molar refractivity (Wildman–Crippen MR) is 105 cm³/mol. The first-order valence-corrected chi connectivity index (χ1v) is 9.63. The molecule has 10 heteroatoms. The second-order valence-electron chi connectivity index (χ2n) is 7.31. The van der Waals surface area contributed by atoms with E-state index in [1.54, 1.807) is 24.4 Å². The van der Waals surface area contributed by atoms with Gasteiger partial charge in [-0.2, -0.15) is 14.6 Å². The first-order chi connectivity index (χ1) is 15.5. The molecular formula is C22H17F3N4O3. The first-order valence-electron chi connectivity index (χ1n) is 9.63. The Bertz CT molecular complexity index is 1150. The monoisotopic (exact) mass is 442 g/mol. The summed E-state index contributed by atoms with van der Waals surface area (Å²) in [5.74, 6) is -4.36. The van der Waals surface area contributed by atoms with Gasteiger partial charge in [-0.15, -0.1) is 0 Å². The molecule has 0 N–H and O–H groups in total. The third kappa shape index (κ3) is 4.63. The molecular weight excluding hydrogens is 425 g/mol. The van der Waals surface area contributed by atoms with Gasteiger partial charge in [-0.3, -0.25) is 4.98 Å². The van der Waals surface area contributed by atoms with E-state index in [1.165, 1.54) is 6.07 Å². The van der Waals surface area contributed by atoms with Crippen molar-refractivity contribution in [2.24, 2.45) is 5.41 Å². The summed E-state index contributed by atoms with van der Waals surface area (Å²) < 4.78 is 56.9. The number of rotatable bonds is 8. The second-order valence-corrected chi connectivity index (χ2v) is 7.31. The van der Waals surface area contributed by atoms with Crippen molar-refractivity contribution in [1.29, 1.82) is 5.26 Å². The van der Waals surface area contributed by atoms with Crippen molar-refractivity contribution >= 4 is 0 Å². The van der Waals surface area contributed by atoms with Gasteiger partial charge in [0.1, 0.15) is 18.9 Å². The molecule has 4 rings (SSSR count). The van der Waals surface area contributed by atoms with Crippen LogP contribution >= 0.6 is 0 Å². The minimum absolute atomic E-state index is 0.203. The highest BCUT2D eigenvalue weighted by atomic mass is 19.2. The summed E-state index contributed by atoms with van der Waals surface area (Å²) in [5.41, 5.74) is 0.368. The van der Waals surface area contributed by atoms with Crippen LogP contribution in [0.1, 0.15) is 12.1 Å². The molecule has 7 nitrogen and oxygen atoms in total. The first kappa shape index (κ1) is 21.5. The number of ether oxygens (including phenoxy) is 3. The van der Waals surface area contributed by atoms with E-state index in [4.69, 9.17) is 19.5 Å². The van der Waals surface area contributed by atoms with E-state index in [0.29, 0.717) is 24.6 Å². The summed E-state index contributed by atoms with van der Waals surface area (Å²) >= 11 is 0. The standard InChI is InChI=1S/C22H17F3N4O3/c23-15-4-5-17(20(25)19(15)24)31-10-14-9-18(32-13-22(6-7-26)11-30-12-22)29-21(28-14)16-3-1-2-8-27-16/h1-5,8-9H,6,10-13H2. The highest BCUT2D eigenvalue weighted by molar-refractivity contribution is 5.49. The maximum atomic E-state index is 13.9. The highest BCUT2D eigenvalue weighted by Gasteiger charge is 2.39. The van der Waals surface area contributed by atoms with Crippen LogP contribution in [0, 0.1) is 34.2 Å². The average molecular weight is 442 g/mol. The van der Waals surface area contributed by atoms with Gasteiger partial charge in [0.05, 0.1) is 30.4 Å². The van der Waals surface area contributed by atoms with Gasteiger partial charge in [0.15, 0.2) is 23.2 Å². The minimum atomic E-state index is -1.62. The fourth-order valence-corrected chi connectivity index (χ4v) is 3.02. The van der Waals surface area contributed by atoms with Crippen LogP contribution in [0.25, 0.3) is 11.5 Å². The number of nitrogens with zero attached hydrogens (tertiary/aromatic N) is 4. The molecule has 2 aromatic heterocycles. The smallest absolute Gasteiger partial charge is 0.217 e. The number of nitriles is 1. The number of aromatic nitrogens is 3. The van der Waals surface area contributed by atoms with E-state index in [0.717, 1.165) is 12.1 Å². The Balaban J connectivity index is 1.58. The van der Waals surface area contributed by atoms with Crippen molar-refractivity contribution in [3.8, 4) is 29.2 Å². The van der Waals surface area contributed by atoms with Crippen molar-refractivity contribution in [1.82, 2.24) is 15.0 Å². The molecule has 0 aliphatic carbocycles. The van der Waals surface area contributed by atoms with E-state index in [-0.39, 0.29) is 31.3 Å². The maximum absolute atomic E-state index is 13.9. The number of pyridine rings is 1. The summed E-state index contributed by atoms with van der Waals surface area (Å²) in [6, 6.07) is 10.6. The molecule has 0 radical (unpaired) electrons. The Kier molecular flexibility index (Phi) is 6.18. The lowest BCUT2D eigenvalue weighted by molar-refractivity contribution is -0.129. The van der Waals surface area contributed by atoms with Gasteiger partial charge in [-0.25, -0.2) is 13.8 Å². The zero-order valence-electron chi connectivity index (χ0n) is 16.7. The van der Waals surface area contributed by atoms with E-state index in [9.17, 15) is 13.2 Å². The van der Waals surface area contributed by atoms with Crippen LogP contribution < -0.4 is 9.47 Å². The van der Waals surface area contributed by atoms with Gasteiger partial charge in [0, 0.05) is 18.7 Å². The quantitative estimate of drug-likeness (QED) is 0.490. The zero-order valence-corrected chi connectivity index (χ0v) is 16.7. The largest absolute Gasteiger partial charge is 0.484 e. The number of hydrogen-bond acceptors (Lipinski definition) is 7. The molecule has 0 bridgehead atoms. The number of benzene rings is 1. The van der Waals surface area contributed by atoms with E-state index in [2.05, 4.69) is 21.0 Å². The summed E-state index contributed by atoms with van der Waals surface area (Å²) in [5, 5.41) is 9.05. The molecule has 1 aliphatic heterocycles. The van der Waals surface area contributed by atoms with E-state index >= 15 is 0 Å². The molecule has 0 unspecified atom stereocenters. The van der Waals surface area contributed by atoms with Crippen molar-refractivity contribution in [3.05, 3.63) is 65.7 Å². The predicted octanol–water partition coefficient (Wildman–Crippen LogP) is 3.84. The number of halogens is 3. The Hall–Kier alpha value is -3.71. The van der Waals surface area contributed by atoms with Crippen LogP contribution in [0.15, 0.2) is 42.6 Å². The molecule has 3 heterocycles. The fourth-order valence-electron chi connectivity index (χ4n) is 3.02. The van der Waals surface area contributed by atoms with Crippen LogP contribution in [0.5, 0.6) is 11.6 Å². The maximum Gasteiger partial charge on any atom is 0.217 e. The molecule has 0 spiro atoms. The molecule has 164 valence electrons. The molecule has 0 atom stereocenters. The SMILES string of the molecule is N#CCC1(COc2cc(COc3ccc(F)c(F)c3F)nc(-c3ccccn3)n2)COC1. The van der Waals surface area contributed by atoms with Crippen LogP contribution in [0.2, 0.25) is 0 Å². The Morgan fingerprint density at radius 3 is 2.59 bits per heavy atom. The Labute approximate surface area is 181 Å². The van der Waals surface area contributed by atoms with Gasteiger partial charge in [-0.05, 0) is 24.3 Å². The van der Waals surface area contributed by atoms with Crippen molar-refractivity contribution in [2.45, 2.75) is 13.0 Å². The van der Waals surface area contributed by atoms with E-state index in [1.807, 2.05) is 0 Å². The molecule has 1 fully saturated rings. The molecule has 3 aromatic rings. The normalized spacial score (nSPS) is 14.3. The molecule has 0 saturated carbocycles. The molecule has 1 aromatic carbocycles. The van der Waals surface area contributed by atoms with E-state index < -0.39 is 28.6 Å². The molecule has 0 amide bonds. The summed E-state index contributed by atoms with van der Waals surface area (Å²) in [7, 11) is 0. The van der Waals surface area contributed by atoms with Gasteiger partial charge in [-0.1, -0.05) is 6.07 Å². The molecule has 1 saturated heterocycles. The summed E-state index contributed by atoms with van der Waals surface area (Å²) in [6.45, 7) is 0.763. The van der Waals surface area contributed by atoms with Crippen molar-refractivity contribution in [2.75, 3.05) is 19.8 Å². The van der Waals surface area contributed by atoms with Gasteiger partial charge in [0.25, 0.3) is 0 Å².